The lowest BCUT2D eigenvalue weighted by atomic mass is 10.0. The van der Waals surface area contributed by atoms with Crippen LogP contribution >= 0.6 is 11.6 Å². The van der Waals surface area contributed by atoms with Crippen LogP contribution in [0.1, 0.15) is 26.3 Å². The Hall–Kier alpha value is -2.86. The fourth-order valence-corrected chi connectivity index (χ4v) is 2.46. The minimum atomic E-state index is -0.879. The molecule has 0 aliphatic heterocycles. The predicted octanol–water partition coefficient (Wildman–Crippen LogP) is 2.64. The van der Waals surface area contributed by atoms with E-state index in [0.29, 0.717) is 5.02 Å². The Morgan fingerprint density at radius 3 is 2.27 bits per heavy atom. The number of hydrogen-bond acceptors (Lipinski definition) is 5. The summed E-state index contributed by atoms with van der Waals surface area (Å²) < 4.78 is 9.41. The molecule has 0 saturated heterocycles. The maximum atomic E-state index is 12.5. The van der Waals surface area contributed by atoms with Gasteiger partial charge in [-0.15, -0.1) is 0 Å². The smallest absolute Gasteiger partial charge is 0.337 e. The number of rotatable bonds is 6. The molecule has 26 heavy (non-hydrogen) atoms. The largest absolute Gasteiger partial charge is 0.467 e. The van der Waals surface area contributed by atoms with Gasteiger partial charge in [0.2, 0.25) is 0 Å². The highest BCUT2D eigenvalue weighted by molar-refractivity contribution is 6.30. The SMILES string of the molecule is COC(=O)c1cccc(C(=O)N[C@@H](Cc2ccc(Cl)cc2)C(=O)OC)c1. The highest BCUT2D eigenvalue weighted by Gasteiger charge is 2.23. The third-order valence-electron chi connectivity index (χ3n) is 3.69. The minimum Gasteiger partial charge on any atom is -0.467 e. The van der Waals surface area contributed by atoms with E-state index in [1.54, 1.807) is 36.4 Å². The molecule has 1 amide bonds. The first-order chi connectivity index (χ1) is 12.4. The van der Waals surface area contributed by atoms with Gasteiger partial charge < -0.3 is 14.8 Å². The van der Waals surface area contributed by atoms with Gasteiger partial charge in [0, 0.05) is 17.0 Å². The maximum absolute atomic E-state index is 12.5. The van der Waals surface area contributed by atoms with Gasteiger partial charge in [-0.1, -0.05) is 29.8 Å². The highest BCUT2D eigenvalue weighted by atomic mass is 35.5. The number of methoxy groups -OCH3 is 2. The standard InChI is InChI=1S/C19H18ClNO5/c1-25-18(23)14-5-3-4-13(11-14)17(22)21-16(19(24)26-2)10-12-6-8-15(20)9-7-12/h3-9,11,16H,10H2,1-2H3,(H,21,22)/t16-/m0/s1. The van der Waals surface area contributed by atoms with E-state index >= 15 is 0 Å². The number of nitrogens with one attached hydrogen (secondary N) is 1. The zero-order valence-corrected chi connectivity index (χ0v) is 15.1. The van der Waals surface area contributed by atoms with E-state index in [1.807, 2.05) is 0 Å². The molecular weight excluding hydrogens is 358 g/mol. The summed E-state index contributed by atoms with van der Waals surface area (Å²) in [5.41, 5.74) is 1.29. The quantitative estimate of drug-likeness (QED) is 0.785. The molecule has 6 nitrogen and oxygen atoms in total. The molecule has 0 saturated carbocycles. The van der Waals surface area contributed by atoms with Crippen LogP contribution in [0, 0.1) is 0 Å². The molecule has 0 spiro atoms. The number of ether oxygens (including phenoxy) is 2. The average molecular weight is 376 g/mol. The van der Waals surface area contributed by atoms with Crippen LogP contribution in [0.5, 0.6) is 0 Å². The van der Waals surface area contributed by atoms with Gasteiger partial charge in [0.05, 0.1) is 19.8 Å². The van der Waals surface area contributed by atoms with Crippen molar-refractivity contribution in [3.05, 3.63) is 70.2 Å². The molecule has 0 bridgehead atoms. The van der Waals surface area contributed by atoms with Crippen molar-refractivity contribution in [1.82, 2.24) is 5.32 Å². The summed E-state index contributed by atoms with van der Waals surface area (Å²) in [7, 11) is 2.51. The number of amides is 1. The molecule has 7 heteroatoms. The third kappa shape index (κ3) is 5.07. The Morgan fingerprint density at radius 2 is 1.65 bits per heavy atom. The van der Waals surface area contributed by atoms with Crippen LogP contribution in [0.3, 0.4) is 0 Å². The van der Waals surface area contributed by atoms with Crippen molar-refractivity contribution in [1.29, 1.82) is 0 Å². The van der Waals surface area contributed by atoms with E-state index in [-0.39, 0.29) is 17.5 Å². The normalized spacial score (nSPS) is 11.3. The van der Waals surface area contributed by atoms with Gasteiger partial charge in [0.15, 0.2) is 0 Å². The summed E-state index contributed by atoms with van der Waals surface area (Å²) in [6.07, 6.45) is 0.242. The second-order valence-electron chi connectivity index (χ2n) is 5.45. The van der Waals surface area contributed by atoms with E-state index in [4.69, 9.17) is 16.3 Å². The van der Waals surface area contributed by atoms with Crippen LogP contribution in [0.2, 0.25) is 5.02 Å². The summed E-state index contributed by atoms with van der Waals surface area (Å²) >= 11 is 5.86. The number of carbonyl (C=O) groups excluding carboxylic acids is 3. The Bertz CT molecular complexity index is 804. The van der Waals surface area contributed by atoms with Crippen LogP contribution in [-0.4, -0.2) is 38.1 Å². The lowest BCUT2D eigenvalue weighted by Crippen LogP contribution is -2.43. The molecule has 1 N–H and O–H groups in total. The number of benzene rings is 2. The van der Waals surface area contributed by atoms with Gasteiger partial charge in [-0.3, -0.25) is 4.79 Å². The van der Waals surface area contributed by atoms with Gasteiger partial charge in [0.25, 0.3) is 5.91 Å². The number of halogens is 1. The lowest BCUT2D eigenvalue weighted by Gasteiger charge is -2.17. The second kappa shape index (κ2) is 9.01. The highest BCUT2D eigenvalue weighted by Crippen LogP contribution is 2.13. The van der Waals surface area contributed by atoms with E-state index in [0.717, 1.165) is 5.56 Å². The molecule has 2 aromatic rings. The van der Waals surface area contributed by atoms with Gasteiger partial charge in [-0.05, 0) is 35.9 Å². The van der Waals surface area contributed by atoms with E-state index in [9.17, 15) is 14.4 Å². The van der Waals surface area contributed by atoms with Crippen LogP contribution in [0.25, 0.3) is 0 Å². The van der Waals surface area contributed by atoms with Crippen molar-refractivity contribution in [3.8, 4) is 0 Å². The molecule has 2 rings (SSSR count). The molecule has 0 aliphatic rings. The van der Waals surface area contributed by atoms with Crippen molar-refractivity contribution in [2.24, 2.45) is 0 Å². The van der Waals surface area contributed by atoms with Crippen molar-refractivity contribution in [3.63, 3.8) is 0 Å². The molecule has 136 valence electrons. The Kier molecular flexibility index (Phi) is 6.74. The maximum Gasteiger partial charge on any atom is 0.337 e. The molecule has 0 unspecified atom stereocenters. The molecule has 0 heterocycles. The van der Waals surface area contributed by atoms with Gasteiger partial charge in [-0.2, -0.15) is 0 Å². The fraction of sp³-hybridized carbons (Fsp3) is 0.211. The van der Waals surface area contributed by atoms with E-state index in [1.165, 1.54) is 26.4 Å². The van der Waals surface area contributed by atoms with E-state index < -0.39 is 23.9 Å². The van der Waals surface area contributed by atoms with Crippen molar-refractivity contribution in [2.75, 3.05) is 14.2 Å². The number of carbonyl (C=O) groups is 3. The van der Waals surface area contributed by atoms with Gasteiger partial charge >= 0.3 is 11.9 Å². The van der Waals surface area contributed by atoms with Crippen molar-refractivity contribution < 1.29 is 23.9 Å². The zero-order chi connectivity index (χ0) is 19.1. The summed E-state index contributed by atoms with van der Waals surface area (Å²) in [4.78, 5) is 36.1. The Labute approximate surface area is 156 Å². The van der Waals surface area contributed by atoms with E-state index in [2.05, 4.69) is 10.1 Å². The third-order valence-corrected chi connectivity index (χ3v) is 3.94. The predicted molar refractivity (Wildman–Crippen MR) is 96.2 cm³/mol. The second-order valence-corrected chi connectivity index (χ2v) is 5.89. The van der Waals surface area contributed by atoms with Gasteiger partial charge in [-0.25, -0.2) is 9.59 Å². The zero-order valence-electron chi connectivity index (χ0n) is 14.3. The summed E-state index contributed by atoms with van der Waals surface area (Å²) in [5, 5.41) is 3.21. The minimum absolute atomic E-state index is 0.234. The molecule has 0 aliphatic carbocycles. The van der Waals surface area contributed by atoms with Crippen LogP contribution in [0.4, 0.5) is 0 Å². The average Bonchev–Trinajstić information content (AvgIpc) is 2.67. The fourth-order valence-electron chi connectivity index (χ4n) is 2.34. The topological polar surface area (TPSA) is 81.7 Å². The molecule has 2 aromatic carbocycles. The molecule has 0 fully saturated rings. The van der Waals surface area contributed by atoms with Crippen LogP contribution in [0.15, 0.2) is 48.5 Å². The first-order valence-electron chi connectivity index (χ1n) is 7.76. The Morgan fingerprint density at radius 1 is 1.00 bits per heavy atom. The van der Waals surface area contributed by atoms with Crippen LogP contribution in [-0.2, 0) is 20.7 Å². The van der Waals surface area contributed by atoms with Gasteiger partial charge in [0.1, 0.15) is 6.04 Å². The van der Waals surface area contributed by atoms with Crippen molar-refractivity contribution in [2.45, 2.75) is 12.5 Å². The number of hydrogen-bond donors (Lipinski definition) is 1. The first kappa shape index (κ1) is 19.5. The van der Waals surface area contributed by atoms with Crippen molar-refractivity contribution >= 4 is 29.4 Å². The summed E-state index contributed by atoms with van der Waals surface area (Å²) in [6.45, 7) is 0. The summed E-state index contributed by atoms with van der Waals surface area (Å²) in [6, 6.07) is 12.1. The lowest BCUT2D eigenvalue weighted by molar-refractivity contribution is -0.142. The Balaban J connectivity index is 2.17. The van der Waals surface area contributed by atoms with Crippen LogP contribution < -0.4 is 5.32 Å². The molecule has 1 atom stereocenters. The summed E-state index contributed by atoms with van der Waals surface area (Å²) in [5.74, 6) is -1.62. The monoisotopic (exact) mass is 375 g/mol. The first-order valence-corrected chi connectivity index (χ1v) is 8.14. The molecule has 0 aromatic heterocycles. The number of esters is 2. The molecular formula is C19H18ClNO5. The molecule has 0 radical (unpaired) electrons.